The van der Waals surface area contributed by atoms with E-state index in [1.807, 2.05) is 0 Å². The van der Waals surface area contributed by atoms with E-state index in [0.29, 0.717) is 11.3 Å². The quantitative estimate of drug-likeness (QED) is 0.555. The number of phenolic OH excluding ortho intramolecular Hbond substituents is 2. The molecule has 0 unspecified atom stereocenters. The van der Waals surface area contributed by atoms with Crippen molar-refractivity contribution in [2.24, 2.45) is 5.73 Å². The molecule has 0 aliphatic rings. The van der Waals surface area contributed by atoms with E-state index in [0.717, 1.165) is 6.07 Å². The van der Waals surface area contributed by atoms with Crippen LogP contribution in [0.15, 0.2) is 39.5 Å². The van der Waals surface area contributed by atoms with Gasteiger partial charge in [0, 0.05) is 17.2 Å². The van der Waals surface area contributed by atoms with Crippen LogP contribution in [0.5, 0.6) is 23.0 Å². The first-order valence-corrected chi connectivity index (χ1v) is 7.49. The molecule has 134 valence electrons. The second-order valence-corrected chi connectivity index (χ2v) is 5.58. The zero-order valence-electron chi connectivity index (χ0n) is 13.6. The molecule has 1 aromatic heterocycles. The molecule has 0 aliphatic carbocycles. The summed E-state index contributed by atoms with van der Waals surface area (Å²) in [6, 6.07) is 7.20. The number of hydrogen-bond acceptors (Lipinski definition) is 7. The van der Waals surface area contributed by atoms with Crippen LogP contribution in [0.4, 0.5) is 0 Å². The van der Waals surface area contributed by atoms with Crippen molar-refractivity contribution in [2.75, 3.05) is 7.11 Å². The predicted octanol–water partition coefficient (Wildman–Crippen LogP) is 1.61. The van der Waals surface area contributed by atoms with Crippen LogP contribution >= 0.6 is 0 Å². The van der Waals surface area contributed by atoms with Crippen LogP contribution in [-0.4, -0.2) is 28.3 Å². The molecule has 0 radical (unpaired) electrons. The van der Waals surface area contributed by atoms with Gasteiger partial charge in [0.05, 0.1) is 13.5 Å². The van der Waals surface area contributed by atoms with Crippen LogP contribution in [-0.2, 0) is 11.2 Å². The van der Waals surface area contributed by atoms with E-state index in [9.17, 15) is 24.9 Å². The molecular formula is C18H15NO7. The normalized spacial score (nSPS) is 10.8. The summed E-state index contributed by atoms with van der Waals surface area (Å²) in [5.41, 5.74) is 4.34. The molecular weight excluding hydrogens is 342 g/mol. The highest BCUT2D eigenvalue weighted by molar-refractivity contribution is 5.93. The Hall–Kier alpha value is -3.68. The van der Waals surface area contributed by atoms with Crippen molar-refractivity contribution in [3.05, 3.63) is 46.1 Å². The number of rotatable bonds is 4. The van der Waals surface area contributed by atoms with Crippen LogP contribution in [0.1, 0.15) is 5.56 Å². The Morgan fingerprint density at radius 3 is 2.38 bits per heavy atom. The summed E-state index contributed by atoms with van der Waals surface area (Å²) in [7, 11) is 1.49. The zero-order chi connectivity index (χ0) is 19.0. The van der Waals surface area contributed by atoms with Crippen molar-refractivity contribution in [2.45, 2.75) is 6.42 Å². The molecule has 5 N–H and O–H groups in total. The Morgan fingerprint density at radius 2 is 1.81 bits per heavy atom. The van der Waals surface area contributed by atoms with Crippen molar-refractivity contribution in [3.8, 4) is 34.3 Å². The van der Waals surface area contributed by atoms with Crippen LogP contribution < -0.4 is 15.9 Å². The van der Waals surface area contributed by atoms with E-state index < -0.39 is 35.0 Å². The molecule has 8 nitrogen and oxygen atoms in total. The SMILES string of the molecule is COc1ccc(-c2oc3c(CC(N)=O)c(O)cc(O)c3c(=O)c2O)cc1. The first-order valence-electron chi connectivity index (χ1n) is 7.49. The van der Waals surface area contributed by atoms with Crippen LogP contribution in [0.2, 0.25) is 0 Å². The molecule has 0 bridgehead atoms. The molecule has 0 aliphatic heterocycles. The molecule has 8 heteroatoms. The first-order chi connectivity index (χ1) is 12.3. The maximum atomic E-state index is 12.5. The minimum absolute atomic E-state index is 0.0582. The van der Waals surface area contributed by atoms with Crippen molar-refractivity contribution < 1.29 is 29.3 Å². The third-order valence-corrected chi connectivity index (χ3v) is 3.90. The minimum Gasteiger partial charge on any atom is -0.507 e. The summed E-state index contributed by atoms with van der Waals surface area (Å²) in [6.45, 7) is 0. The van der Waals surface area contributed by atoms with Gasteiger partial charge in [0.15, 0.2) is 5.76 Å². The Kier molecular flexibility index (Phi) is 4.17. The number of phenols is 2. The number of methoxy groups -OCH3 is 1. The van der Waals surface area contributed by atoms with Crippen molar-refractivity contribution in [3.63, 3.8) is 0 Å². The van der Waals surface area contributed by atoms with Gasteiger partial charge in [-0.25, -0.2) is 0 Å². The summed E-state index contributed by atoms with van der Waals surface area (Å²) in [6.07, 6.45) is -0.418. The van der Waals surface area contributed by atoms with Gasteiger partial charge in [-0.05, 0) is 24.3 Å². The van der Waals surface area contributed by atoms with Gasteiger partial charge in [0.25, 0.3) is 0 Å². The monoisotopic (exact) mass is 357 g/mol. The summed E-state index contributed by atoms with van der Waals surface area (Å²) in [4.78, 5) is 23.8. The zero-order valence-corrected chi connectivity index (χ0v) is 13.6. The number of hydrogen-bond donors (Lipinski definition) is 4. The lowest BCUT2D eigenvalue weighted by Crippen LogP contribution is -2.15. The van der Waals surface area contributed by atoms with E-state index in [-0.39, 0.29) is 22.3 Å². The van der Waals surface area contributed by atoms with Crippen LogP contribution in [0, 0.1) is 0 Å². The highest BCUT2D eigenvalue weighted by atomic mass is 16.5. The average molecular weight is 357 g/mol. The van der Waals surface area contributed by atoms with Crippen molar-refractivity contribution in [1.82, 2.24) is 0 Å². The fourth-order valence-electron chi connectivity index (χ4n) is 2.66. The molecule has 0 spiro atoms. The van der Waals surface area contributed by atoms with Gasteiger partial charge in [0.2, 0.25) is 17.1 Å². The Labute approximate surface area is 146 Å². The molecule has 2 aromatic carbocycles. The molecule has 1 amide bonds. The summed E-state index contributed by atoms with van der Waals surface area (Å²) >= 11 is 0. The largest absolute Gasteiger partial charge is 0.507 e. The number of ether oxygens (including phenoxy) is 1. The molecule has 0 atom stereocenters. The fourth-order valence-corrected chi connectivity index (χ4v) is 2.66. The molecule has 0 saturated carbocycles. The third-order valence-electron chi connectivity index (χ3n) is 3.90. The maximum Gasteiger partial charge on any atom is 0.238 e. The number of carbonyl (C=O) groups excluding carboxylic acids is 1. The smallest absolute Gasteiger partial charge is 0.238 e. The molecule has 0 saturated heterocycles. The lowest BCUT2D eigenvalue weighted by Gasteiger charge is -2.11. The number of fused-ring (bicyclic) bond motifs is 1. The Balaban J connectivity index is 2.36. The van der Waals surface area contributed by atoms with E-state index in [2.05, 4.69) is 0 Å². The van der Waals surface area contributed by atoms with E-state index in [1.54, 1.807) is 24.3 Å². The van der Waals surface area contributed by atoms with E-state index in [4.69, 9.17) is 14.9 Å². The second kappa shape index (κ2) is 6.32. The number of aromatic hydroxyl groups is 3. The van der Waals surface area contributed by atoms with Gasteiger partial charge in [-0.2, -0.15) is 0 Å². The van der Waals surface area contributed by atoms with E-state index >= 15 is 0 Å². The van der Waals surface area contributed by atoms with Gasteiger partial charge in [-0.1, -0.05) is 0 Å². The highest BCUT2D eigenvalue weighted by Gasteiger charge is 2.23. The minimum atomic E-state index is -0.903. The lowest BCUT2D eigenvalue weighted by molar-refractivity contribution is -0.117. The first kappa shape index (κ1) is 17.2. The molecule has 0 fully saturated rings. The number of benzene rings is 2. The second-order valence-electron chi connectivity index (χ2n) is 5.58. The standard InChI is InChI=1S/C18H15NO7/c1-25-9-4-2-8(3-5-9)17-16(24)15(23)14-12(21)7-11(20)10(6-13(19)22)18(14)26-17/h2-5,7,20-21,24H,6H2,1H3,(H2,19,22). The predicted molar refractivity (Wildman–Crippen MR) is 92.4 cm³/mol. The lowest BCUT2D eigenvalue weighted by atomic mass is 10.0. The van der Waals surface area contributed by atoms with Gasteiger partial charge in [-0.15, -0.1) is 0 Å². The molecule has 26 heavy (non-hydrogen) atoms. The Bertz CT molecular complexity index is 1070. The Morgan fingerprint density at radius 1 is 1.15 bits per heavy atom. The number of primary amides is 1. The number of amides is 1. The van der Waals surface area contributed by atoms with Crippen molar-refractivity contribution >= 4 is 16.9 Å². The van der Waals surface area contributed by atoms with E-state index in [1.165, 1.54) is 7.11 Å². The van der Waals surface area contributed by atoms with Crippen LogP contribution in [0.3, 0.4) is 0 Å². The molecule has 1 heterocycles. The summed E-state index contributed by atoms with van der Waals surface area (Å²) in [5.74, 6) is -2.15. The summed E-state index contributed by atoms with van der Waals surface area (Å²) < 4.78 is 10.7. The molecule has 3 rings (SSSR count). The van der Waals surface area contributed by atoms with Gasteiger partial charge in [-0.3, -0.25) is 9.59 Å². The molecule has 3 aromatic rings. The van der Waals surface area contributed by atoms with Gasteiger partial charge in [0.1, 0.15) is 28.2 Å². The third kappa shape index (κ3) is 2.77. The fraction of sp³-hybridized carbons (Fsp3) is 0.111. The maximum absolute atomic E-state index is 12.5. The number of carbonyl (C=O) groups is 1. The van der Waals surface area contributed by atoms with Crippen LogP contribution in [0.25, 0.3) is 22.3 Å². The van der Waals surface area contributed by atoms with Crippen molar-refractivity contribution in [1.29, 1.82) is 0 Å². The average Bonchev–Trinajstić information content (AvgIpc) is 2.60. The van der Waals surface area contributed by atoms with Gasteiger partial charge >= 0.3 is 0 Å². The summed E-state index contributed by atoms with van der Waals surface area (Å²) in [5, 5.41) is 29.9. The highest BCUT2D eigenvalue weighted by Crippen LogP contribution is 2.38. The topological polar surface area (TPSA) is 143 Å². The number of nitrogens with two attached hydrogens (primary N) is 1. The van der Waals surface area contributed by atoms with Gasteiger partial charge < -0.3 is 30.2 Å².